The smallest absolute Gasteiger partial charge is 0.375 e. The molecule has 0 bridgehead atoms. The van der Waals surface area contributed by atoms with Crippen LogP contribution in [0.5, 0.6) is 0 Å². The van der Waals surface area contributed by atoms with Crippen LogP contribution in [0.2, 0.25) is 0 Å². The molecule has 28 heavy (non-hydrogen) atoms. The van der Waals surface area contributed by atoms with Gasteiger partial charge in [-0.3, -0.25) is 4.79 Å². The summed E-state index contributed by atoms with van der Waals surface area (Å²) in [6.45, 7) is -0.255. The quantitative estimate of drug-likeness (QED) is 0.709. The lowest BCUT2D eigenvalue weighted by Crippen LogP contribution is -2.51. The van der Waals surface area contributed by atoms with Crippen molar-refractivity contribution in [1.82, 2.24) is 4.90 Å². The summed E-state index contributed by atoms with van der Waals surface area (Å²) >= 11 is 0. The first-order chi connectivity index (χ1) is 13.5. The Hall–Kier alpha value is -2.85. The van der Waals surface area contributed by atoms with Crippen LogP contribution >= 0.6 is 0 Å². The number of hydrogen-bond donors (Lipinski definition) is 0. The van der Waals surface area contributed by atoms with E-state index < -0.39 is 24.0 Å². The van der Waals surface area contributed by atoms with Crippen molar-refractivity contribution in [2.24, 2.45) is 0 Å². The Balaban J connectivity index is 1.72. The highest BCUT2D eigenvalue weighted by Crippen LogP contribution is 2.32. The van der Waals surface area contributed by atoms with E-state index in [2.05, 4.69) is 6.07 Å². The van der Waals surface area contributed by atoms with Crippen molar-refractivity contribution in [3.05, 3.63) is 35.6 Å². The molecule has 148 valence electrons. The Morgan fingerprint density at radius 3 is 2.64 bits per heavy atom. The van der Waals surface area contributed by atoms with Crippen LogP contribution in [-0.2, 0) is 20.9 Å². The van der Waals surface area contributed by atoms with Gasteiger partial charge in [0.15, 0.2) is 6.61 Å². The normalized spacial score (nSPS) is 15.8. The number of ether oxygens (including phenoxy) is 2. The molecule has 0 atom stereocenters. The molecule has 0 radical (unpaired) electrons. The average molecular weight is 384 g/mol. The van der Waals surface area contributed by atoms with Crippen LogP contribution in [0.25, 0.3) is 11.0 Å². The van der Waals surface area contributed by atoms with Crippen LogP contribution in [-0.4, -0.2) is 43.1 Å². The lowest BCUT2D eigenvalue weighted by Gasteiger charge is -2.38. The molecule has 0 unspecified atom stereocenters. The van der Waals surface area contributed by atoms with E-state index in [1.54, 1.807) is 13.1 Å². The van der Waals surface area contributed by atoms with Gasteiger partial charge in [0.05, 0.1) is 12.7 Å². The molecule has 1 fully saturated rings. The number of para-hydroxylation sites is 1. The number of benzene rings is 1. The summed E-state index contributed by atoms with van der Waals surface area (Å²) in [5.74, 6) is -1.09. The molecule has 7 heteroatoms. The first-order valence-electron chi connectivity index (χ1n) is 9.37. The molecule has 1 heterocycles. The van der Waals surface area contributed by atoms with Crippen LogP contribution in [0.15, 0.2) is 28.7 Å². The van der Waals surface area contributed by atoms with Gasteiger partial charge >= 0.3 is 5.97 Å². The van der Waals surface area contributed by atoms with E-state index in [-0.39, 0.29) is 12.4 Å². The van der Waals surface area contributed by atoms with Crippen LogP contribution in [0.4, 0.5) is 0 Å². The van der Waals surface area contributed by atoms with Crippen molar-refractivity contribution >= 4 is 22.8 Å². The second kappa shape index (κ2) is 8.44. The molecule has 0 saturated heterocycles. The number of nitrogens with zero attached hydrogens (tertiary/aromatic N) is 2. The second-order valence-electron chi connectivity index (χ2n) is 7.07. The highest BCUT2D eigenvalue weighted by molar-refractivity contribution is 5.96. The van der Waals surface area contributed by atoms with E-state index >= 15 is 0 Å². The lowest BCUT2D eigenvalue weighted by molar-refractivity contribution is -0.138. The van der Waals surface area contributed by atoms with E-state index in [0.717, 1.165) is 24.6 Å². The minimum atomic E-state index is -0.817. The number of esters is 1. The topological polar surface area (TPSA) is 92.8 Å². The third-order valence-corrected chi connectivity index (χ3v) is 5.40. The van der Waals surface area contributed by atoms with E-state index in [9.17, 15) is 14.9 Å². The lowest BCUT2D eigenvalue weighted by atomic mass is 9.81. The summed E-state index contributed by atoms with van der Waals surface area (Å²) in [6.07, 6.45) is 4.16. The average Bonchev–Trinajstić information content (AvgIpc) is 3.10. The predicted octanol–water partition coefficient (Wildman–Crippen LogP) is 3.42. The Morgan fingerprint density at radius 2 is 1.96 bits per heavy atom. The molecule has 7 nitrogen and oxygen atoms in total. The SMILES string of the molecule is COCc1c(C(=O)OCC(=O)N(C)C2(C#N)CCCCC2)oc2ccccc12. The zero-order valence-corrected chi connectivity index (χ0v) is 16.2. The van der Waals surface area contributed by atoms with Gasteiger partial charge in [-0.25, -0.2) is 4.79 Å². The molecule has 1 amide bonds. The molecule has 1 saturated carbocycles. The monoisotopic (exact) mass is 384 g/mol. The van der Waals surface area contributed by atoms with Gasteiger partial charge in [-0.1, -0.05) is 37.5 Å². The Morgan fingerprint density at radius 1 is 1.25 bits per heavy atom. The highest BCUT2D eigenvalue weighted by Gasteiger charge is 2.39. The van der Waals surface area contributed by atoms with Crippen LogP contribution < -0.4 is 0 Å². The third kappa shape index (κ3) is 3.73. The number of hydrogen-bond acceptors (Lipinski definition) is 6. The van der Waals surface area contributed by atoms with Gasteiger partial charge in [0, 0.05) is 25.1 Å². The molecule has 0 N–H and O–H groups in total. The predicted molar refractivity (Wildman–Crippen MR) is 101 cm³/mol. The zero-order valence-electron chi connectivity index (χ0n) is 16.2. The van der Waals surface area contributed by atoms with E-state index in [1.165, 1.54) is 12.0 Å². The summed E-state index contributed by atoms with van der Waals surface area (Å²) in [6, 6.07) is 9.53. The molecule has 2 aromatic rings. The molecule has 3 rings (SSSR count). The van der Waals surface area contributed by atoms with E-state index in [0.29, 0.717) is 24.0 Å². The van der Waals surface area contributed by atoms with E-state index in [4.69, 9.17) is 13.9 Å². The van der Waals surface area contributed by atoms with Gasteiger partial charge in [0.1, 0.15) is 11.1 Å². The van der Waals surface area contributed by atoms with Gasteiger partial charge in [-0.15, -0.1) is 0 Å². The molecule has 1 aromatic heterocycles. The summed E-state index contributed by atoms with van der Waals surface area (Å²) in [5.41, 5.74) is 0.322. The van der Waals surface area contributed by atoms with Gasteiger partial charge in [-0.05, 0) is 18.9 Å². The number of methoxy groups -OCH3 is 1. The standard InChI is InChI=1S/C21H24N2O5/c1-23(21(14-22)10-6-3-7-11-21)18(24)13-27-20(25)19-16(12-26-2)15-8-4-5-9-17(15)28-19/h4-5,8-9H,3,6-7,10-13H2,1-2H3. The molecular weight excluding hydrogens is 360 g/mol. The number of amides is 1. The maximum atomic E-state index is 12.6. The first-order valence-corrected chi connectivity index (χ1v) is 9.37. The van der Waals surface area contributed by atoms with Crippen LogP contribution in [0.1, 0.15) is 48.2 Å². The Kier molecular flexibility index (Phi) is 6.00. The van der Waals surface area contributed by atoms with E-state index in [1.807, 2.05) is 18.2 Å². The fourth-order valence-electron chi connectivity index (χ4n) is 3.74. The Labute approximate surface area is 163 Å². The van der Waals surface area contributed by atoms with Crippen molar-refractivity contribution in [1.29, 1.82) is 5.26 Å². The highest BCUT2D eigenvalue weighted by atomic mass is 16.5. The van der Waals surface area contributed by atoms with Crippen molar-refractivity contribution in [3.8, 4) is 6.07 Å². The molecule has 1 aromatic carbocycles. The van der Waals surface area contributed by atoms with Crippen molar-refractivity contribution in [2.45, 2.75) is 44.2 Å². The van der Waals surface area contributed by atoms with Crippen molar-refractivity contribution in [2.75, 3.05) is 20.8 Å². The molecule has 1 aliphatic carbocycles. The summed E-state index contributed by atoms with van der Waals surface area (Å²) in [4.78, 5) is 26.5. The summed E-state index contributed by atoms with van der Waals surface area (Å²) in [5, 5.41) is 10.4. The fourth-order valence-corrected chi connectivity index (χ4v) is 3.74. The number of carbonyl (C=O) groups is 2. The largest absolute Gasteiger partial charge is 0.450 e. The summed E-state index contributed by atoms with van der Waals surface area (Å²) in [7, 11) is 3.13. The second-order valence-corrected chi connectivity index (χ2v) is 7.07. The maximum absolute atomic E-state index is 12.6. The molecular formula is C21H24N2O5. The molecule has 1 aliphatic rings. The number of rotatable bonds is 6. The number of likely N-dealkylation sites (N-methyl/N-ethyl adjacent to an activating group) is 1. The fraction of sp³-hybridized carbons (Fsp3) is 0.476. The van der Waals surface area contributed by atoms with Gasteiger partial charge in [-0.2, -0.15) is 5.26 Å². The number of furan rings is 1. The zero-order chi connectivity index (χ0) is 20.1. The minimum Gasteiger partial charge on any atom is -0.450 e. The number of fused-ring (bicyclic) bond motifs is 1. The van der Waals surface area contributed by atoms with Crippen LogP contribution in [0, 0.1) is 11.3 Å². The van der Waals surface area contributed by atoms with Gasteiger partial charge in [0.25, 0.3) is 5.91 Å². The van der Waals surface area contributed by atoms with Gasteiger partial charge < -0.3 is 18.8 Å². The number of carbonyl (C=O) groups excluding carboxylic acids is 2. The molecule has 0 spiro atoms. The van der Waals surface area contributed by atoms with Gasteiger partial charge in [0.2, 0.25) is 5.76 Å². The number of nitriles is 1. The minimum absolute atomic E-state index is 0.0335. The summed E-state index contributed by atoms with van der Waals surface area (Å²) < 4.78 is 16.0. The first kappa shape index (κ1) is 19.9. The van der Waals surface area contributed by atoms with Crippen LogP contribution in [0.3, 0.4) is 0 Å². The maximum Gasteiger partial charge on any atom is 0.375 e. The van der Waals surface area contributed by atoms with Crippen molar-refractivity contribution < 1.29 is 23.5 Å². The Bertz CT molecular complexity index is 905. The van der Waals surface area contributed by atoms with Crippen molar-refractivity contribution in [3.63, 3.8) is 0 Å². The molecule has 0 aliphatic heterocycles. The third-order valence-electron chi connectivity index (χ3n) is 5.40.